The number of nitrogens with two attached hydrogens (primary N) is 1. The van der Waals surface area contributed by atoms with E-state index < -0.39 is 0 Å². The lowest BCUT2D eigenvalue weighted by molar-refractivity contribution is 0.0946. The summed E-state index contributed by atoms with van der Waals surface area (Å²) < 4.78 is 0. The van der Waals surface area contributed by atoms with Gasteiger partial charge >= 0.3 is 0 Å². The second-order valence-electron chi connectivity index (χ2n) is 4.42. The predicted molar refractivity (Wildman–Crippen MR) is 81.7 cm³/mol. The second-order valence-corrected chi connectivity index (χ2v) is 5.31. The van der Waals surface area contributed by atoms with E-state index >= 15 is 0 Å². The molecule has 1 aromatic carbocycles. The van der Waals surface area contributed by atoms with E-state index in [1.807, 2.05) is 30.3 Å². The van der Waals surface area contributed by atoms with E-state index in [1.165, 1.54) is 11.3 Å². The summed E-state index contributed by atoms with van der Waals surface area (Å²) >= 11 is 1.25. The molecule has 21 heavy (non-hydrogen) atoms. The minimum atomic E-state index is -0.222. The van der Waals surface area contributed by atoms with E-state index in [-0.39, 0.29) is 5.91 Å². The average molecular weight is 299 g/mol. The molecule has 2 heterocycles. The van der Waals surface area contributed by atoms with Gasteiger partial charge in [0.1, 0.15) is 5.69 Å². The molecule has 0 aliphatic rings. The third kappa shape index (κ3) is 3.09. The molecule has 0 saturated carbocycles. The van der Waals surface area contributed by atoms with Gasteiger partial charge in [-0.3, -0.25) is 9.89 Å². The van der Waals surface area contributed by atoms with Crippen molar-refractivity contribution in [1.82, 2.24) is 20.5 Å². The van der Waals surface area contributed by atoms with Crippen molar-refractivity contribution in [2.24, 2.45) is 0 Å². The summed E-state index contributed by atoms with van der Waals surface area (Å²) in [6.45, 7) is 0.444. The number of amides is 1. The zero-order chi connectivity index (χ0) is 14.7. The number of nitrogens with zero attached hydrogens (tertiary/aromatic N) is 2. The third-order valence-electron chi connectivity index (χ3n) is 2.97. The first kappa shape index (κ1) is 13.3. The van der Waals surface area contributed by atoms with Crippen LogP contribution in [0.25, 0.3) is 11.3 Å². The lowest BCUT2D eigenvalue weighted by Crippen LogP contribution is -2.23. The summed E-state index contributed by atoms with van der Waals surface area (Å²) in [4.78, 5) is 15.8. The van der Waals surface area contributed by atoms with Crippen LogP contribution in [-0.2, 0) is 6.54 Å². The molecule has 0 aliphatic carbocycles. The van der Waals surface area contributed by atoms with E-state index in [9.17, 15) is 4.79 Å². The molecule has 0 spiro atoms. The molecule has 3 aromatic rings. The molecular formula is C14H13N5OS. The summed E-state index contributed by atoms with van der Waals surface area (Å²) in [7, 11) is 0. The minimum Gasteiger partial charge on any atom is -0.375 e. The number of H-pyrrole nitrogens is 1. The van der Waals surface area contributed by atoms with Crippen LogP contribution in [0.1, 0.15) is 16.1 Å². The van der Waals surface area contributed by atoms with E-state index in [0.717, 1.165) is 16.8 Å². The maximum absolute atomic E-state index is 11.8. The van der Waals surface area contributed by atoms with Crippen molar-refractivity contribution in [3.05, 3.63) is 53.2 Å². The Hall–Kier alpha value is -2.67. The third-order valence-corrected chi connectivity index (χ3v) is 3.65. The van der Waals surface area contributed by atoms with Crippen LogP contribution in [0.3, 0.4) is 0 Å². The highest BCUT2D eigenvalue weighted by atomic mass is 32.1. The molecule has 0 bridgehead atoms. The number of thiazole rings is 1. The molecule has 106 valence electrons. The van der Waals surface area contributed by atoms with Crippen LogP contribution < -0.4 is 11.1 Å². The quantitative estimate of drug-likeness (QED) is 0.687. The summed E-state index contributed by atoms with van der Waals surface area (Å²) in [5, 5.41) is 11.7. The fraction of sp³-hybridized carbons (Fsp3) is 0.0714. The molecule has 0 saturated heterocycles. The van der Waals surface area contributed by atoms with Crippen LogP contribution in [0.5, 0.6) is 0 Å². The number of rotatable bonds is 4. The van der Waals surface area contributed by atoms with Crippen LogP contribution in [0.2, 0.25) is 0 Å². The maximum atomic E-state index is 11.8. The first-order valence-electron chi connectivity index (χ1n) is 6.30. The first-order valence-corrected chi connectivity index (χ1v) is 7.18. The summed E-state index contributed by atoms with van der Waals surface area (Å²) in [5.41, 5.74) is 8.88. The zero-order valence-electron chi connectivity index (χ0n) is 11.0. The minimum absolute atomic E-state index is 0.222. The number of nitrogen functional groups attached to an aromatic ring is 1. The number of benzene rings is 1. The van der Waals surface area contributed by atoms with E-state index in [0.29, 0.717) is 17.4 Å². The van der Waals surface area contributed by atoms with Crippen LogP contribution in [0.15, 0.2) is 41.9 Å². The molecule has 6 nitrogen and oxygen atoms in total. The number of aromatic nitrogens is 3. The molecule has 2 aromatic heterocycles. The average Bonchev–Trinajstić information content (AvgIpc) is 3.16. The van der Waals surface area contributed by atoms with Gasteiger partial charge in [0, 0.05) is 18.1 Å². The van der Waals surface area contributed by atoms with Gasteiger partial charge < -0.3 is 11.1 Å². The van der Waals surface area contributed by atoms with E-state index in [4.69, 9.17) is 5.73 Å². The van der Waals surface area contributed by atoms with E-state index in [1.54, 1.807) is 11.6 Å². The molecule has 0 fully saturated rings. The largest absolute Gasteiger partial charge is 0.375 e. The van der Waals surface area contributed by atoms with Gasteiger partial charge in [-0.15, -0.1) is 11.3 Å². The Labute approximate surface area is 125 Å². The maximum Gasteiger partial charge on any atom is 0.271 e. The SMILES string of the molecule is Nc1nc(C(=O)NCc2ccc(-c3ccn[nH]3)cc2)cs1. The van der Waals surface area contributed by atoms with Crippen molar-refractivity contribution in [2.45, 2.75) is 6.54 Å². The topological polar surface area (TPSA) is 96.7 Å². The Kier molecular flexibility index (Phi) is 3.65. The van der Waals surface area contributed by atoms with Crippen LogP contribution in [0, 0.1) is 0 Å². The van der Waals surface area contributed by atoms with Crippen molar-refractivity contribution < 1.29 is 4.79 Å². The molecule has 0 aliphatic heterocycles. The number of anilines is 1. The van der Waals surface area contributed by atoms with Gasteiger partial charge in [0.15, 0.2) is 5.13 Å². The van der Waals surface area contributed by atoms with Crippen molar-refractivity contribution >= 4 is 22.4 Å². The number of aromatic amines is 1. The van der Waals surface area contributed by atoms with Gasteiger partial charge in [0.05, 0.1) is 5.69 Å². The van der Waals surface area contributed by atoms with Gasteiger partial charge in [-0.05, 0) is 17.2 Å². The summed E-state index contributed by atoms with van der Waals surface area (Å²) in [6, 6.07) is 9.80. The Bertz CT molecular complexity index is 733. The summed E-state index contributed by atoms with van der Waals surface area (Å²) in [5.74, 6) is -0.222. The van der Waals surface area contributed by atoms with Gasteiger partial charge in [-0.1, -0.05) is 24.3 Å². The number of hydrogen-bond acceptors (Lipinski definition) is 5. The standard InChI is InChI=1S/C14H13N5OS/c15-14-18-12(8-21-14)13(20)16-7-9-1-3-10(4-2-9)11-5-6-17-19-11/h1-6,8H,7H2,(H2,15,18)(H,16,20)(H,17,19). The predicted octanol–water partition coefficient (Wildman–Crippen LogP) is 2.05. The van der Waals surface area contributed by atoms with Crippen molar-refractivity contribution in [3.63, 3.8) is 0 Å². The fourth-order valence-corrected chi connectivity index (χ4v) is 2.43. The van der Waals surface area contributed by atoms with Gasteiger partial charge in [0.2, 0.25) is 0 Å². The lowest BCUT2D eigenvalue weighted by Gasteiger charge is -2.04. The number of carbonyl (C=O) groups is 1. The van der Waals surface area contributed by atoms with Gasteiger partial charge in [0.25, 0.3) is 5.91 Å². The Morgan fingerprint density at radius 3 is 2.71 bits per heavy atom. The summed E-state index contributed by atoms with van der Waals surface area (Å²) in [6.07, 6.45) is 1.71. The van der Waals surface area contributed by atoms with Crippen molar-refractivity contribution in [2.75, 3.05) is 5.73 Å². The van der Waals surface area contributed by atoms with Gasteiger partial charge in [-0.25, -0.2) is 4.98 Å². The highest BCUT2D eigenvalue weighted by molar-refractivity contribution is 7.13. The molecular weight excluding hydrogens is 286 g/mol. The lowest BCUT2D eigenvalue weighted by atomic mass is 10.1. The number of nitrogens with one attached hydrogen (secondary N) is 2. The smallest absolute Gasteiger partial charge is 0.271 e. The van der Waals surface area contributed by atoms with Crippen LogP contribution in [-0.4, -0.2) is 21.1 Å². The molecule has 4 N–H and O–H groups in total. The molecule has 7 heteroatoms. The molecule has 0 unspecified atom stereocenters. The van der Waals surface area contributed by atoms with E-state index in [2.05, 4.69) is 20.5 Å². The molecule has 0 radical (unpaired) electrons. The second kappa shape index (κ2) is 5.76. The van der Waals surface area contributed by atoms with Crippen molar-refractivity contribution in [1.29, 1.82) is 0 Å². The molecule has 1 amide bonds. The molecule has 3 rings (SSSR count). The Morgan fingerprint density at radius 2 is 2.10 bits per heavy atom. The fourth-order valence-electron chi connectivity index (χ4n) is 1.88. The van der Waals surface area contributed by atoms with Crippen LogP contribution in [0.4, 0.5) is 5.13 Å². The number of hydrogen-bond donors (Lipinski definition) is 3. The monoisotopic (exact) mass is 299 g/mol. The highest BCUT2D eigenvalue weighted by Gasteiger charge is 2.09. The zero-order valence-corrected chi connectivity index (χ0v) is 11.9. The molecule has 0 atom stereocenters. The number of carbonyl (C=O) groups excluding carboxylic acids is 1. The first-order chi connectivity index (χ1) is 10.2. The van der Waals surface area contributed by atoms with Crippen molar-refractivity contribution in [3.8, 4) is 11.3 Å². The van der Waals surface area contributed by atoms with Crippen LogP contribution >= 0.6 is 11.3 Å². The highest BCUT2D eigenvalue weighted by Crippen LogP contribution is 2.16. The van der Waals surface area contributed by atoms with Gasteiger partial charge in [-0.2, -0.15) is 5.10 Å². The Morgan fingerprint density at radius 1 is 1.29 bits per heavy atom. The normalized spacial score (nSPS) is 10.5. The Balaban J connectivity index is 1.62.